The zero-order chi connectivity index (χ0) is 14.7. The molecule has 6 nitrogen and oxygen atoms in total. The van der Waals surface area contributed by atoms with Crippen molar-refractivity contribution in [2.75, 3.05) is 7.11 Å². The topological polar surface area (TPSA) is 101 Å². The van der Waals surface area contributed by atoms with Gasteiger partial charge in [-0.15, -0.1) is 0 Å². The van der Waals surface area contributed by atoms with Crippen molar-refractivity contribution in [1.29, 1.82) is 5.41 Å². The molecule has 7 heteroatoms. The van der Waals surface area contributed by atoms with Crippen LogP contribution in [0.1, 0.15) is 10.6 Å². The second kappa shape index (κ2) is 5.43. The van der Waals surface area contributed by atoms with Crippen LogP contribution in [0.25, 0.3) is 11.3 Å². The van der Waals surface area contributed by atoms with Gasteiger partial charge in [0.25, 0.3) is 5.91 Å². The number of rotatable bonds is 3. The number of methoxy groups -OCH3 is 1. The average molecular weight is 277 g/mol. The standard InChI is InChI=1S/C13H12FN3O3/c1-19-9-3-2-7(14)6-8(9)10-4-5-11(20-10)12(18)17-13(15)16/h2-6H,1H3,(H4,15,16,17,18). The van der Waals surface area contributed by atoms with Gasteiger partial charge in [0.15, 0.2) is 11.7 Å². The summed E-state index contributed by atoms with van der Waals surface area (Å²) in [6.07, 6.45) is 0. The number of hydrogen-bond acceptors (Lipinski definition) is 4. The lowest BCUT2D eigenvalue weighted by atomic mass is 10.1. The van der Waals surface area contributed by atoms with Crippen LogP contribution >= 0.6 is 0 Å². The van der Waals surface area contributed by atoms with Gasteiger partial charge in [0.1, 0.15) is 17.3 Å². The molecule has 1 aromatic heterocycles. The lowest BCUT2D eigenvalue weighted by Crippen LogP contribution is -2.35. The average Bonchev–Trinajstić information content (AvgIpc) is 2.87. The van der Waals surface area contributed by atoms with E-state index in [0.717, 1.165) is 0 Å². The minimum Gasteiger partial charge on any atom is -0.496 e. The molecule has 1 amide bonds. The van der Waals surface area contributed by atoms with Crippen LogP contribution in [0.5, 0.6) is 5.75 Å². The lowest BCUT2D eigenvalue weighted by molar-refractivity contribution is 0.0950. The van der Waals surface area contributed by atoms with E-state index in [9.17, 15) is 9.18 Å². The van der Waals surface area contributed by atoms with Gasteiger partial charge in [0, 0.05) is 0 Å². The van der Waals surface area contributed by atoms with Crippen LogP contribution in [0.2, 0.25) is 0 Å². The van der Waals surface area contributed by atoms with Gasteiger partial charge >= 0.3 is 0 Å². The number of carbonyl (C=O) groups excluding carboxylic acids is 1. The number of furan rings is 1. The number of hydrogen-bond donors (Lipinski definition) is 3. The van der Waals surface area contributed by atoms with Crippen LogP contribution in [0.3, 0.4) is 0 Å². The first-order valence-electron chi connectivity index (χ1n) is 5.60. The first-order valence-corrected chi connectivity index (χ1v) is 5.60. The summed E-state index contributed by atoms with van der Waals surface area (Å²) in [5.74, 6) is -0.946. The van der Waals surface area contributed by atoms with E-state index in [-0.39, 0.29) is 11.5 Å². The quantitative estimate of drug-likeness (QED) is 0.587. The summed E-state index contributed by atoms with van der Waals surface area (Å²) in [4.78, 5) is 11.6. The first kappa shape index (κ1) is 13.6. The minimum absolute atomic E-state index is 0.0403. The van der Waals surface area contributed by atoms with E-state index in [4.69, 9.17) is 20.3 Å². The minimum atomic E-state index is -0.654. The first-order chi connectivity index (χ1) is 9.51. The largest absolute Gasteiger partial charge is 0.496 e. The Labute approximate surface area is 113 Å². The van der Waals surface area contributed by atoms with Gasteiger partial charge in [0.2, 0.25) is 0 Å². The molecular weight excluding hydrogens is 265 g/mol. The third kappa shape index (κ3) is 2.77. The van der Waals surface area contributed by atoms with E-state index >= 15 is 0 Å². The number of carbonyl (C=O) groups is 1. The van der Waals surface area contributed by atoms with Crippen LogP contribution in [0.4, 0.5) is 4.39 Å². The normalized spacial score (nSPS) is 10.1. The van der Waals surface area contributed by atoms with Gasteiger partial charge in [-0.25, -0.2) is 4.39 Å². The summed E-state index contributed by atoms with van der Waals surface area (Å²) in [7, 11) is 1.45. The molecule has 104 valence electrons. The van der Waals surface area contributed by atoms with Crippen LogP contribution < -0.4 is 15.8 Å². The summed E-state index contributed by atoms with van der Waals surface area (Å²) in [5.41, 5.74) is 5.44. The maximum absolute atomic E-state index is 13.3. The van der Waals surface area contributed by atoms with Gasteiger partial charge in [-0.2, -0.15) is 0 Å². The van der Waals surface area contributed by atoms with Gasteiger partial charge in [-0.3, -0.25) is 15.5 Å². The van der Waals surface area contributed by atoms with E-state index in [1.807, 2.05) is 0 Å². The Kier molecular flexibility index (Phi) is 3.69. The molecule has 20 heavy (non-hydrogen) atoms. The Hall–Kier alpha value is -2.83. The molecule has 0 spiro atoms. The van der Waals surface area contributed by atoms with Crippen molar-refractivity contribution >= 4 is 11.9 Å². The van der Waals surface area contributed by atoms with Crippen molar-refractivity contribution in [1.82, 2.24) is 5.32 Å². The molecule has 2 aromatic rings. The summed E-state index contributed by atoms with van der Waals surface area (Å²) in [5, 5.41) is 9.06. The maximum Gasteiger partial charge on any atom is 0.293 e. The molecule has 1 aromatic carbocycles. The lowest BCUT2D eigenvalue weighted by Gasteiger charge is -2.06. The second-order valence-electron chi connectivity index (χ2n) is 3.88. The molecular formula is C13H12FN3O3. The Morgan fingerprint density at radius 3 is 2.80 bits per heavy atom. The van der Waals surface area contributed by atoms with Gasteiger partial charge in [0.05, 0.1) is 12.7 Å². The molecule has 0 bridgehead atoms. The summed E-state index contributed by atoms with van der Waals surface area (Å²) in [6.45, 7) is 0. The van der Waals surface area contributed by atoms with Crippen molar-refractivity contribution < 1.29 is 18.3 Å². The van der Waals surface area contributed by atoms with Gasteiger partial charge in [-0.1, -0.05) is 0 Å². The molecule has 0 aliphatic carbocycles. The Balaban J connectivity index is 2.36. The third-order valence-electron chi connectivity index (χ3n) is 2.50. The molecule has 1 heterocycles. The zero-order valence-corrected chi connectivity index (χ0v) is 10.6. The Morgan fingerprint density at radius 1 is 1.40 bits per heavy atom. The predicted octanol–water partition coefficient (Wildman–Crippen LogP) is 1.72. The van der Waals surface area contributed by atoms with E-state index in [0.29, 0.717) is 11.3 Å². The highest BCUT2D eigenvalue weighted by Crippen LogP contribution is 2.31. The molecule has 0 saturated heterocycles. The fourth-order valence-electron chi connectivity index (χ4n) is 1.66. The van der Waals surface area contributed by atoms with E-state index in [1.54, 1.807) is 0 Å². The van der Waals surface area contributed by atoms with Crippen LogP contribution in [-0.4, -0.2) is 19.0 Å². The number of nitrogens with one attached hydrogen (secondary N) is 2. The number of nitrogens with two attached hydrogens (primary N) is 1. The van der Waals surface area contributed by atoms with Crippen molar-refractivity contribution in [2.24, 2.45) is 5.73 Å². The number of benzene rings is 1. The van der Waals surface area contributed by atoms with Crippen LogP contribution in [0, 0.1) is 11.2 Å². The molecule has 0 atom stereocenters. The van der Waals surface area contributed by atoms with Crippen molar-refractivity contribution in [3.63, 3.8) is 0 Å². The second-order valence-corrected chi connectivity index (χ2v) is 3.88. The van der Waals surface area contributed by atoms with Gasteiger partial charge in [-0.05, 0) is 30.3 Å². The monoisotopic (exact) mass is 277 g/mol. The Bertz CT molecular complexity index is 667. The van der Waals surface area contributed by atoms with Crippen molar-refractivity contribution in [3.05, 3.63) is 41.9 Å². The Morgan fingerprint density at radius 2 is 2.15 bits per heavy atom. The highest BCUT2D eigenvalue weighted by molar-refractivity contribution is 6.03. The van der Waals surface area contributed by atoms with E-state index < -0.39 is 17.7 Å². The fourth-order valence-corrected chi connectivity index (χ4v) is 1.66. The summed E-state index contributed by atoms with van der Waals surface area (Å²) < 4.78 is 23.7. The molecule has 4 N–H and O–H groups in total. The number of guanidine groups is 1. The number of ether oxygens (including phenoxy) is 1. The zero-order valence-electron chi connectivity index (χ0n) is 10.6. The smallest absolute Gasteiger partial charge is 0.293 e. The highest BCUT2D eigenvalue weighted by Gasteiger charge is 2.15. The molecule has 2 rings (SSSR count). The van der Waals surface area contributed by atoms with Crippen LogP contribution in [0.15, 0.2) is 34.7 Å². The van der Waals surface area contributed by atoms with Crippen molar-refractivity contribution in [2.45, 2.75) is 0 Å². The SMILES string of the molecule is COc1ccc(F)cc1-c1ccc(C(=O)NC(=N)N)o1. The van der Waals surface area contributed by atoms with Crippen LogP contribution in [-0.2, 0) is 0 Å². The third-order valence-corrected chi connectivity index (χ3v) is 2.50. The molecule has 0 saturated carbocycles. The predicted molar refractivity (Wildman–Crippen MR) is 70.0 cm³/mol. The number of halogens is 1. The summed E-state index contributed by atoms with van der Waals surface area (Å²) >= 11 is 0. The van der Waals surface area contributed by atoms with Gasteiger partial charge < -0.3 is 14.9 Å². The number of amides is 1. The fraction of sp³-hybridized carbons (Fsp3) is 0.0769. The molecule has 0 aliphatic rings. The molecule has 0 radical (unpaired) electrons. The molecule has 0 fully saturated rings. The van der Waals surface area contributed by atoms with E-state index in [1.165, 1.54) is 37.4 Å². The summed E-state index contributed by atoms with van der Waals surface area (Å²) in [6, 6.07) is 6.87. The highest BCUT2D eigenvalue weighted by atomic mass is 19.1. The maximum atomic E-state index is 13.3. The molecule has 0 unspecified atom stereocenters. The van der Waals surface area contributed by atoms with Crippen molar-refractivity contribution in [3.8, 4) is 17.1 Å². The van der Waals surface area contributed by atoms with E-state index in [2.05, 4.69) is 5.32 Å². The molecule has 0 aliphatic heterocycles.